The summed E-state index contributed by atoms with van der Waals surface area (Å²) in [5.41, 5.74) is 13.9. The van der Waals surface area contributed by atoms with Crippen LogP contribution in [-0.4, -0.2) is 24.2 Å². The van der Waals surface area contributed by atoms with Crippen LogP contribution in [0.3, 0.4) is 0 Å². The third-order valence-electron chi connectivity index (χ3n) is 3.51. The van der Waals surface area contributed by atoms with Gasteiger partial charge < -0.3 is 11.5 Å². The minimum absolute atomic E-state index is 0.141. The molecule has 0 unspecified atom stereocenters. The van der Waals surface area contributed by atoms with Gasteiger partial charge in [0.2, 0.25) is 6.29 Å². The first-order chi connectivity index (χ1) is 10.6. The molecule has 0 aliphatic heterocycles. The highest BCUT2D eigenvalue weighted by atomic mass is 16.1. The molecule has 2 aromatic rings. The molecule has 0 amide bonds. The van der Waals surface area contributed by atoms with Crippen LogP contribution in [0.4, 0.5) is 0 Å². The summed E-state index contributed by atoms with van der Waals surface area (Å²) in [5, 5.41) is 0. The Balaban J connectivity index is 2.16. The summed E-state index contributed by atoms with van der Waals surface area (Å²) in [6.07, 6.45) is 2.49. The number of ketones is 1. The van der Waals surface area contributed by atoms with Crippen LogP contribution >= 0.6 is 0 Å². The van der Waals surface area contributed by atoms with Crippen LogP contribution in [0, 0.1) is 0 Å². The van der Waals surface area contributed by atoms with Crippen LogP contribution in [0.1, 0.15) is 21.5 Å². The number of nitrogens with two attached hydrogens (primary N) is 2. The predicted molar refractivity (Wildman–Crippen MR) is 86.3 cm³/mol. The smallest absolute Gasteiger partial charge is 0.217 e. The van der Waals surface area contributed by atoms with Gasteiger partial charge in [0, 0.05) is 5.56 Å². The van der Waals surface area contributed by atoms with Crippen LogP contribution in [0.5, 0.6) is 0 Å². The Morgan fingerprint density at radius 3 is 2.27 bits per heavy atom. The Kier molecular flexibility index (Phi) is 5.58. The van der Waals surface area contributed by atoms with Crippen molar-refractivity contribution < 1.29 is 9.59 Å². The van der Waals surface area contributed by atoms with E-state index in [1.54, 1.807) is 24.5 Å². The van der Waals surface area contributed by atoms with Gasteiger partial charge in [0.25, 0.3) is 0 Å². The average molecular weight is 295 g/mol. The van der Waals surface area contributed by atoms with Crippen molar-refractivity contribution in [3.8, 4) is 0 Å². The molecule has 0 saturated heterocycles. The fraction of sp³-hybridized carbons (Fsp3) is 0.222. The summed E-state index contributed by atoms with van der Waals surface area (Å²) in [6, 6.07) is 15.4. The van der Waals surface area contributed by atoms with E-state index in [-0.39, 0.29) is 12.2 Å². The molecule has 0 aliphatic rings. The molecule has 4 N–H and O–H groups in total. The fourth-order valence-corrected chi connectivity index (χ4v) is 2.38. The largest absolute Gasteiger partial charge is 0.321 e. The zero-order valence-electron chi connectivity index (χ0n) is 12.2. The minimum atomic E-state index is -0.737. The highest BCUT2D eigenvalue weighted by Crippen LogP contribution is 2.14. The van der Waals surface area contributed by atoms with E-state index < -0.39 is 12.1 Å². The Morgan fingerprint density at radius 2 is 1.59 bits per heavy atom. The van der Waals surface area contributed by atoms with E-state index in [0.717, 1.165) is 11.1 Å². The van der Waals surface area contributed by atoms with Crippen LogP contribution in [0.15, 0.2) is 54.6 Å². The van der Waals surface area contributed by atoms with Crippen LogP contribution < -0.4 is 11.5 Å². The lowest BCUT2D eigenvalue weighted by Crippen LogP contribution is -2.34. The first kappa shape index (κ1) is 16.1. The number of hydrogen-bond acceptors (Lipinski definition) is 4. The third kappa shape index (κ3) is 4.10. The Hall–Kier alpha value is -2.30. The van der Waals surface area contributed by atoms with Gasteiger partial charge in [-0.15, -0.1) is 0 Å². The van der Waals surface area contributed by atoms with Gasteiger partial charge in [0.1, 0.15) is 0 Å². The van der Waals surface area contributed by atoms with E-state index in [4.69, 9.17) is 11.5 Å². The van der Waals surface area contributed by atoms with E-state index in [0.29, 0.717) is 12.0 Å². The summed E-state index contributed by atoms with van der Waals surface area (Å²) in [5.74, 6) is -0.141. The van der Waals surface area contributed by atoms with Crippen molar-refractivity contribution >= 4 is 12.1 Å². The highest BCUT2D eigenvalue weighted by Gasteiger charge is 2.19. The second-order valence-corrected chi connectivity index (χ2v) is 5.25. The summed E-state index contributed by atoms with van der Waals surface area (Å²) >= 11 is 0. The molecule has 2 atom stereocenters. The molecule has 1 radical (unpaired) electrons. The molecule has 2 rings (SSSR count). The van der Waals surface area contributed by atoms with Crippen molar-refractivity contribution in [3.05, 3.63) is 71.3 Å². The van der Waals surface area contributed by atoms with E-state index in [1.165, 1.54) is 0 Å². The van der Waals surface area contributed by atoms with Crippen molar-refractivity contribution in [1.29, 1.82) is 0 Å². The molecule has 0 aliphatic carbocycles. The van der Waals surface area contributed by atoms with Crippen LogP contribution in [0.25, 0.3) is 0 Å². The van der Waals surface area contributed by atoms with Crippen molar-refractivity contribution in [1.82, 2.24) is 0 Å². The van der Waals surface area contributed by atoms with Crippen molar-refractivity contribution in [3.63, 3.8) is 0 Å². The van der Waals surface area contributed by atoms with E-state index in [2.05, 4.69) is 0 Å². The highest BCUT2D eigenvalue weighted by molar-refractivity contribution is 6.01. The van der Waals surface area contributed by atoms with Crippen molar-refractivity contribution in [2.24, 2.45) is 11.5 Å². The van der Waals surface area contributed by atoms with E-state index in [9.17, 15) is 9.59 Å². The van der Waals surface area contributed by atoms with Gasteiger partial charge in [-0.05, 0) is 24.0 Å². The second kappa shape index (κ2) is 7.64. The number of Topliss-reactive ketones (excluding diaryl/α,β-unsaturated/α-hetero) is 1. The zero-order valence-corrected chi connectivity index (χ0v) is 12.2. The lowest BCUT2D eigenvalue weighted by molar-refractivity contribution is 0.0960. The standard InChI is InChI=1S/C18H19N2O2/c19-15(12-21)11-14-8-4-5-9-16(14)18(22)17(20)10-13-6-2-1-3-7-13/h1-9,15,17H,10-11,19-20H2/t15-,17-/m0/s1. The molecule has 0 bridgehead atoms. The van der Waals surface area contributed by atoms with Gasteiger partial charge in [0.15, 0.2) is 5.78 Å². The topological polar surface area (TPSA) is 86.2 Å². The lowest BCUT2D eigenvalue weighted by Gasteiger charge is -2.14. The maximum Gasteiger partial charge on any atom is 0.217 e. The number of hydrogen-bond donors (Lipinski definition) is 2. The van der Waals surface area contributed by atoms with Crippen molar-refractivity contribution in [2.45, 2.75) is 24.9 Å². The first-order valence-corrected chi connectivity index (χ1v) is 7.16. The number of rotatable bonds is 7. The first-order valence-electron chi connectivity index (χ1n) is 7.16. The number of benzene rings is 2. The molecule has 0 fully saturated rings. The maximum atomic E-state index is 12.6. The predicted octanol–water partition coefficient (Wildman–Crippen LogP) is 1.42. The Morgan fingerprint density at radius 1 is 0.955 bits per heavy atom. The molecule has 113 valence electrons. The molecule has 0 spiro atoms. The van der Waals surface area contributed by atoms with Crippen LogP contribution in [-0.2, 0) is 17.6 Å². The second-order valence-electron chi connectivity index (χ2n) is 5.25. The SMILES string of the molecule is N[C@H]([C]=O)Cc1ccccc1C(=O)[C@@H](N)Cc1ccccc1. The number of carbonyl (C=O) groups is 1. The Labute approximate surface area is 130 Å². The molecule has 4 nitrogen and oxygen atoms in total. The molecule has 22 heavy (non-hydrogen) atoms. The molecule has 4 heteroatoms. The van der Waals surface area contributed by atoms with Gasteiger partial charge in [-0.25, -0.2) is 0 Å². The normalized spacial score (nSPS) is 13.4. The molecule has 0 aromatic heterocycles. The summed E-state index contributed by atoms with van der Waals surface area (Å²) in [4.78, 5) is 23.2. The molecular weight excluding hydrogens is 276 g/mol. The maximum absolute atomic E-state index is 12.6. The molecule has 2 aromatic carbocycles. The van der Waals surface area contributed by atoms with Gasteiger partial charge in [-0.3, -0.25) is 9.59 Å². The van der Waals surface area contributed by atoms with E-state index >= 15 is 0 Å². The number of carbonyl (C=O) groups excluding carboxylic acids is 2. The van der Waals surface area contributed by atoms with E-state index in [1.807, 2.05) is 36.4 Å². The molecule has 0 saturated carbocycles. The van der Waals surface area contributed by atoms with Crippen molar-refractivity contribution in [2.75, 3.05) is 0 Å². The summed E-state index contributed by atoms with van der Waals surface area (Å²) in [6.45, 7) is 0. The third-order valence-corrected chi connectivity index (χ3v) is 3.51. The fourth-order valence-electron chi connectivity index (χ4n) is 2.38. The summed E-state index contributed by atoms with van der Waals surface area (Å²) in [7, 11) is 0. The lowest BCUT2D eigenvalue weighted by atomic mass is 9.93. The molecular formula is C18H19N2O2. The Bertz CT molecular complexity index is 641. The van der Waals surface area contributed by atoms with Gasteiger partial charge in [-0.2, -0.15) is 0 Å². The van der Waals surface area contributed by atoms with Gasteiger partial charge >= 0.3 is 0 Å². The monoisotopic (exact) mass is 295 g/mol. The average Bonchev–Trinajstić information content (AvgIpc) is 2.55. The van der Waals surface area contributed by atoms with Gasteiger partial charge in [0.05, 0.1) is 12.1 Å². The minimum Gasteiger partial charge on any atom is -0.321 e. The summed E-state index contributed by atoms with van der Waals surface area (Å²) < 4.78 is 0. The quantitative estimate of drug-likeness (QED) is 0.756. The zero-order chi connectivity index (χ0) is 15.9. The van der Waals surface area contributed by atoms with Crippen LogP contribution in [0.2, 0.25) is 0 Å². The van der Waals surface area contributed by atoms with Gasteiger partial charge in [-0.1, -0.05) is 54.6 Å². The molecule has 0 heterocycles.